The van der Waals surface area contributed by atoms with Crippen molar-refractivity contribution in [2.24, 2.45) is 0 Å². The Morgan fingerprint density at radius 2 is 1.05 bits per heavy atom. The molecule has 0 radical (unpaired) electrons. The van der Waals surface area contributed by atoms with Crippen molar-refractivity contribution in [3.8, 4) is 0 Å². The average molecular weight is 284 g/mol. The molecule has 0 aromatic carbocycles. The van der Waals surface area contributed by atoms with Gasteiger partial charge in [0.2, 0.25) is 0 Å². The van der Waals surface area contributed by atoms with Crippen LogP contribution in [0.4, 0.5) is 0 Å². The van der Waals surface area contributed by atoms with E-state index in [1.807, 2.05) is 0 Å². The fraction of sp³-hybridized carbons (Fsp3) is 1.00. The van der Waals surface area contributed by atoms with E-state index in [9.17, 15) is 0 Å². The van der Waals surface area contributed by atoms with Crippen LogP contribution in [-0.4, -0.2) is 21.1 Å². The maximum atomic E-state index is 6.24. The zero-order chi connectivity index (χ0) is 14.2. The fourth-order valence-electron chi connectivity index (χ4n) is 2.51. The summed E-state index contributed by atoms with van der Waals surface area (Å²) in [6, 6.07) is 0. The minimum Gasteiger partial charge on any atom is -0.501 e. The van der Waals surface area contributed by atoms with Gasteiger partial charge in [-0.05, 0) is 6.42 Å². The van der Waals surface area contributed by atoms with Crippen LogP contribution >= 0.6 is 0 Å². The Kier molecular flexibility index (Phi) is 17.0. The third-order valence-electron chi connectivity index (χ3n) is 3.86. The van der Waals surface area contributed by atoms with Gasteiger partial charge in [-0.3, -0.25) is 0 Å². The van der Waals surface area contributed by atoms with E-state index in [1.165, 1.54) is 81.2 Å². The van der Waals surface area contributed by atoms with E-state index in [-0.39, 0.29) is 0 Å². The standard InChI is InChI=1S/2C6H13.C5H11O.Al/c2*1-3-5-6-4-2;1-2-3-4-5-6;/h2*1,3-6H2,2H3;2-5H2,1H3;/q;;-1;+1. The first-order valence-electron chi connectivity index (χ1n) is 8.96. The van der Waals surface area contributed by atoms with Crippen LogP contribution in [0.5, 0.6) is 0 Å². The zero-order valence-corrected chi connectivity index (χ0v) is 15.0. The van der Waals surface area contributed by atoms with Gasteiger partial charge in [-0.1, -0.05) is 95.5 Å². The van der Waals surface area contributed by atoms with Gasteiger partial charge >= 0.3 is 14.5 Å². The Bertz CT molecular complexity index is 133. The molecule has 0 heterocycles. The van der Waals surface area contributed by atoms with Gasteiger partial charge in [0.1, 0.15) is 0 Å². The van der Waals surface area contributed by atoms with Crippen LogP contribution in [-0.2, 0) is 3.79 Å². The second-order valence-corrected chi connectivity index (χ2v) is 8.63. The predicted octanol–water partition coefficient (Wildman–Crippen LogP) is 6.35. The molecule has 1 nitrogen and oxygen atoms in total. The molecule has 0 bridgehead atoms. The second kappa shape index (κ2) is 16.5. The molecule has 0 rings (SSSR count). The largest absolute Gasteiger partial charge is 0.501 e. The molecule has 0 atom stereocenters. The molecular formula is C17H37AlO. The number of unbranched alkanes of at least 4 members (excludes halogenated alkanes) is 8. The lowest BCUT2D eigenvalue weighted by molar-refractivity contribution is 0.304. The molecule has 0 fully saturated rings. The highest BCUT2D eigenvalue weighted by Gasteiger charge is 2.19. The molecule has 0 spiro atoms. The molecule has 0 N–H and O–H groups in total. The van der Waals surface area contributed by atoms with Crippen LogP contribution < -0.4 is 0 Å². The molecule has 0 aliphatic rings. The van der Waals surface area contributed by atoms with E-state index in [1.54, 1.807) is 0 Å². The monoisotopic (exact) mass is 284 g/mol. The third kappa shape index (κ3) is 14.7. The normalized spacial score (nSPS) is 10.9. The van der Waals surface area contributed by atoms with Crippen LogP contribution in [0.25, 0.3) is 0 Å². The van der Waals surface area contributed by atoms with Gasteiger partial charge in [-0.2, -0.15) is 0 Å². The smallest absolute Gasteiger partial charge is 0.460 e. The maximum absolute atomic E-state index is 6.24. The van der Waals surface area contributed by atoms with Crippen molar-refractivity contribution in [3.05, 3.63) is 0 Å². The Morgan fingerprint density at radius 1 is 0.579 bits per heavy atom. The lowest BCUT2D eigenvalue weighted by Gasteiger charge is -2.13. The van der Waals surface area contributed by atoms with Gasteiger partial charge < -0.3 is 3.79 Å². The Labute approximate surface area is 127 Å². The predicted molar refractivity (Wildman–Crippen MR) is 89.1 cm³/mol. The van der Waals surface area contributed by atoms with Gasteiger partial charge in [0.25, 0.3) is 0 Å². The van der Waals surface area contributed by atoms with Crippen molar-refractivity contribution >= 4 is 14.5 Å². The summed E-state index contributed by atoms with van der Waals surface area (Å²) in [6.07, 6.45) is 15.1. The van der Waals surface area contributed by atoms with E-state index in [4.69, 9.17) is 3.79 Å². The summed E-state index contributed by atoms with van der Waals surface area (Å²) in [7, 11) is 0. The van der Waals surface area contributed by atoms with Crippen molar-refractivity contribution in [2.75, 3.05) is 6.61 Å². The molecule has 0 aromatic heterocycles. The van der Waals surface area contributed by atoms with Crippen LogP contribution in [0.3, 0.4) is 0 Å². The van der Waals surface area contributed by atoms with Crippen LogP contribution in [0.2, 0.25) is 10.6 Å². The lowest BCUT2D eigenvalue weighted by atomic mass is 10.2. The maximum Gasteiger partial charge on any atom is 0.460 e. The highest BCUT2D eigenvalue weighted by molar-refractivity contribution is 6.51. The first-order chi connectivity index (χ1) is 9.35. The summed E-state index contributed by atoms with van der Waals surface area (Å²) in [5, 5.41) is 2.86. The number of hydrogen-bond acceptors (Lipinski definition) is 1. The third-order valence-corrected chi connectivity index (χ3v) is 6.67. The van der Waals surface area contributed by atoms with Crippen molar-refractivity contribution < 1.29 is 3.79 Å². The summed E-state index contributed by atoms with van der Waals surface area (Å²) in [5.74, 6) is 0. The summed E-state index contributed by atoms with van der Waals surface area (Å²) in [6.45, 7) is 7.90. The topological polar surface area (TPSA) is 9.23 Å². The molecule has 0 aliphatic heterocycles. The molecule has 114 valence electrons. The molecule has 0 aromatic rings. The van der Waals surface area contributed by atoms with Gasteiger partial charge in [-0.15, -0.1) is 0 Å². The number of rotatable bonds is 15. The molecule has 19 heavy (non-hydrogen) atoms. The van der Waals surface area contributed by atoms with Crippen molar-refractivity contribution in [1.29, 1.82) is 0 Å². The Balaban J connectivity index is 3.66. The summed E-state index contributed by atoms with van der Waals surface area (Å²) in [4.78, 5) is 0. The van der Waals surface area contributed by atoms with Crippen molar-refractivity contribution in [3.63, 3.8) is 0 Å². The SMILES string of the molecule is CCCCC[CH2][Al]([CH2]CCCCC)[O]CCCCC. The van der Waals surface area contributed by atoms with Gasteiger partial charge in [0.05, 0.1) is 0 Å². The van der Waals surface area contributed by atoms with Crippen molar-refractivity contribution in [2.45, 2.75) is 102 Å². The first-order valence-corrected chi connectivity index (χ1v) is 11.1. The van der Waals surface area contributed by atoms with Crippen LogP contribution in [0, 0.1) is 0 Å². The van der Waals surface area contributed by atoms with E-state index in [0.717, 1.165) is 6.61 Å². The zero-order valence-electron chi connectivity index (χ0n) is 13.9. The minimum absolute atomic E-state index is 0.862. The van der Waals surface area contributed by atoms with Crippen LogP contribution in [0.15, 0.2) is 0 Å². The van der Waals surface area contributed by atoms with Crippen molar-refractivity contribution in [1.82, 2.24) is 0 Å². The van der Waals surface area contributed by atoms with E-state index in [2.05, 4.69) is 20.8 Å². The van der Waals surface area contributed by atoms with E-state index >= 15 is 0 Å². The summed E-state index contributed by atoms with van der Waals surface area (Å²) in [5.41, 5.74) is 0. The van der Waals surface area contributed by atoms with Gasteiger partial charge in [0.15, 0.2) is 0 Å². The Morgan fingerprint density at radius 3 is 1.53 bits per heavy atom. The fourth-order valence-corrected chi connectivity index (χ4v) is 5.12. The highest BCUT2D eigenvalue weighted by Crippen LogP contribution is 2.15. The molecule has 0 saturated carbocycles. The second-order valence-electron chi connectivity index (χ2n) is 5.90. The van der Waals surface area contributed by atoms with Gasteiger partial charge in [-0.25, -0.2) is 0 Å². The summed E-state index contributed by atoms with van der Waals surface area (Å²) >= 11 is -0.862. The van der Waals surface area contributed by atoms with Gasteiger partial charge in [0, 0.05) is 6.61 Å². The van der Waals surface area contributed by atoms with Crippen LogP contribution in [0.1, 0.15) is 91.4 Å². The summed E-state index contributed by atoms with van der Waals surface area (Å²) < 4.78 is 6.24. The molecule has 0 saturated heterocycles. The van der Waals surface area contributed by atoms with E-state index in [0.29, 0.717) is 0 Å². The first kappa shape index (κ1) is 19.5. The minimum atomic E-state index is -0.862. The highest BCUT2D eigenvalue weighted by atomic mass is 27.2. The average Bonchev–Trinajstić information content (AvgIpc) is 2.43. The quantitative estimate of drug-likeness (QED) is 0.252. The number of hydrogen-bond donors (Lipinski definition) is 0. The molecular weight excluding hydrogens is 247 g/mol. The van der Waals surface area contributed by atoms with E-state index < -0.39 is 14.5 Å². The molecule has 2 heteroatoms. The molecule has 0 unspecified atom stereocenters. The molecule has 0 amide bonds. The molecule has 0 aliphatic carbocycles. The lowest BCUT2D eigenvalue weighted by Crippen LogP contribution is -2.18. The Hall–Kier alpha value is 0.492.